The summed E-state index contributed by atoms with van der Waals surface area (Å²) in [4.78, 5) is 23.7. The van der Waals surface area contributed by atoms with Gasteiger partial charge in [-0.3, -0.25) is 9.59 Å². The number of carbonyl (C=O) groups excluding carboxylic acids is 1. The van der Waals surface area contributed by atoms with E-state index in [2.05, 4.69) is 4.74 Å². The number of rotatable bonds is 5. The van der Waals surface area contributed by atoms with Gasteiger partial charge in [-0.2, -0.15) is 5.26 Å². The van der Waals surface area contributed by atoms with Crippen LogP contribution >= 0.6 is 0 Å². The van der Waals surface area contributed by atoms with Crippen LogP contribution in [-0.4, -0.2) is 24.2 Å². The van der Waals surface area contributed by atoms with Crippen molar-refractivity contribution >= 4 is 11.9 Å². The summed E-state index contributed by atoms with van der Waals surface area (Å²) in [6.07, 6.45) is 0. The maximum Gasteiger partial charge on any atom is 0.327 e. The lowest BCUT2D eigenvalue weighted by atomic mass is 9.55. The molecule has 0 heterocycles. The highest BCUT2D eigenvalue weighted by atomic mass is 16.5. The summed E-state index contributed by atoms with van der Waals surface area (Å²) < 4.78 is 4.69. The van der Waals surface area contributed by atoms with Gasteiger partial charge in [0.25, 0.3) is 0 Å². The number of carboxylic acid groups (broad SMARTS) is 1. The molecule has 0 aromatic rings. The molecule has 0 aliphatic rings. The zero-order valence-electron chi connectivity index (χ0n) is 11.8. The minimum atomic E-state index is -1.71. The fourth-order valence-electron chi connectivity index (χ4n) is 2.37. The Balaban J connectivity index is 6.25. The highest BCUT2D eigenvalue weighted by molar-refractivity contribution is 5.90. The molecule has 0 rings (SSSR count). The molecule has 102 valence electrons. The lowest BCUT2D eigenvalue weighted by Gasteiger charge is -2.43. The molecule has 0 aromatic heterocycles. The minimum Gasteiger partial charge on any atom is -0.481 e. The summed E-state index contributed by atoms with van der Waals surface area (Å²) in [5.74, 6) is -2.83. The number of carbonyl (C=O) groups is 2. The second-order valence-electron chi connectivity index (χ2n) is 5.23. The van der Waals surface area contributed by atoms with Crippen molar-refractivity contribution in [1.82, 2.24) is 0 Å². The van der Waals surface area contributed by atoms with Crippen molar-refractivity contribution in [3.63, 3.8) is 0 Å². The van der Waals surface area contributed by atoms with Crippen LogP contribution < -0.4 is 0 Å². The van der Waals surface area contributed by atoms with Crippen molar-refractivity contribution in [2.75, 3.05) is 7.11 Å². The van der Waals surface area contributed by atoms with Crippen molar-refractivity contribution in [2.45, 2.75) is 34.6 Å². The van der Waals surface area contributed by atoms with Crippen molar-refractivity contribution < 1.29 is 19.4 Å². The van der Waals surface area contributed by atoms with Gasteiger partial charge >= 0.3 is 11.9 Å². The van der Waals surface area contributed by atoms with Crippen LogP contribution in [0.3, 0.4) is 0 Å². The number of hydrogen-bond acceptors (Lipinski definition) is 4. The van der Waals surface area contributed by atoms with E-state index in [1.54, 1.807) is 27.7 Å². The van der Waals surface area contributed by atoms with Gasteiger partial charge < -0.3 is 9.84 Å². The predicted molar refractivity (Wildman–Crippen MR) is 65.5 cm³/mol. The third-order valence-electron chi connectivity index (χ3n) is 3.97. The molecule has 2 atom stereocenters. The van der Waals surface area contributed by atoms with Crippen molar-refractivity contribution in [3.05, 3.63) is 0 Å². The molecule has 0 fully saturated rings. The van der Waals surface area contributed by atoms with Gasteiger partial charge in [-0.05, 0) is 18.8 Å². The van der Waals surface area contributed by atoms with Crippen LogP contribution in [0.5, 0.6) is 0 Å². The van der Waals surface area contributed by atoms with Gasteiger partial charge in [0, 0.05) is 0 Å². The molecule has 0 saturated heterocycles. The highest BCUT2D eigenvalue weighted by Crippen LogP contribution is 2.50. The van der Waals surface area contributed by atoms with Crippen LogP contribution in [0, 0.1) is 34.0 Å². The summed E-state index contributed by atoms with van der Waals surface area (Å²) in [7, 11) is 1.17. The quantitative estimate of drug-likeness (QED) is 0.760. The van der Waals surface area contributed by atoms with Gasteiger partial charge in [-0.1, -0.05) is 27.7 Å². The fraction of sp³-hybridized carbons (Fsp3) is 0.769. The molecular formula is C13H21NO4. The molecule has 0 aromatic carbocycles. The van der Waals surface area contributed by atoms with E-state index >= 15 is 0 Å². The van der Waals surface area contributed by atoms with Crippen LogP contribution in [0.2, 0.25) is 0 Å². The third-order valence-corrected chi connectivity index (χ3v) is 3.97. The first-order valence-electron chi connectivity index (χ1n) is 5.85. The fourth-order valence-corrected chi connectivity index (χ4v) is 2.37. The lowest BCUT2D eigenvalue weighted by Crippen LogP contribution is -2.56. The van der Waals surface area contributed by atoms with Crippen molar-refractivity contribution in [1.29, 1.82) is 5.26 Å². The Labute approximate surface area is 108 Å². The van der Waals surface area contributed by atoms with Gasteiger partial charge in [-0.15, -0.1) is 0 Å². The number of methoxy groups -OCH3 is 1. The number of nitrogens with zero attached hydrogens (tertiary/aromatic N) is 1. The van der Waals surface area contributed by atoms with E-state index in [4.69, 9.17) is 0 Å². The number of hydrogen-bond donors (Lipinski definition) is 1. The van der Waals surface area contributed by atoms with Gasteiger partial charge in [0.15, 0.2) is 5.41 Å². The minimum absolute atomic E-state index is 0.392. The zero-order valence-corrected chi connectivity index (χ0v) is 11.8. The summed E-state index contributed by atoms with van der Waals surface area (Å²) in [6.45, 7) is 8.12. The van der Waals surface area contributed by atoms with Gasteiger partial charge in [0.2, 0.25) is 0 Å². The molecule has 0 radical (unpaired) electrons. The molecule has 1 N–H and O–H groups in total. The highest BCUT2D eigenvalue weighted by Gasteiger charge is 2.63. The first kappa shape index (κ1) is 16.4. The summed E-state index contributed by atoms with van der Waals surface area (Å²) >= 11 is 0. The summed E-state index contributed by atoms with van der Waals surface area (Å²) in [5.41, 5.74) is -3.22. The number of carboxylic acids is 1. The molecule has 18 heavy (non-hydrogen) atoms. The molecule has 5 heteroatoms. The van der Waals surface area contributed by atoms with Crippen LogP contribution in [0.1, 0.15) is 34.6 Å². The molecule has 0 aliphatic carbocycles. The topological polar surface area (TPSA) is 87.4 Å². The maximum absolute atomic E-state index is 12.1. The normalized spacial score (nSPS) is 17.7. The molecule has 5 nitrogen and oxygen atoms in total. The Kier molecular flexibility index (Phi) is 4.91. The molecule has 0 aliphatic heterocycles. The Hall–Kier alpha value is -1.57. The second kappa shape index (κ2) is 5.38. The molecule has 0 saturated carbocycles. The van der Waals surface area contributed by atoms with E-state index in [-0.39, 0.29) is 0 Å². The molecule has 0 bridgehead atoms. The van der Waals surface area contributed by atoms with Gasteiger partial charge in [-0.25, -0.2) is 0 Å². The number of ether oxygens (including phenoxy) is 1. The van der Waals surface area contributed by atoms with Gasteiger partial charge in [0.1, 0.15) is 0 Å². The van der Waals surface area contributed by atoms with E-state index in [1.807, 2.05) is 6.07 Å². The smallest absolute Gasteiger partial charge is 0.327 e. The van der Waals surface area contributed by atoms with E-state index in [9.17, 15) is 20.0 Å². The van der Waals surface area contributed by atoms with Crippen LogP contribution in [0.25, 0.3) is 0 Å². The number of nitriles is 1. The van der Waals surface area contributed by atoms with E-state index in [0.717, 1.165) is 0 Å². The average molecular weight is 255 g/mol. The zero-order chi connectivity index (χ0) is 14.7. The molecule has 0 amide bonds. The monoisotopic (exact) mass is 255 g/mol. The average Bonchev–Trinajstić information content (AvgIpc) is 2.28. The van der Waals surface area contributed by atoms with Gasteiger partial charge in [0.05, 0.1) is 18.6 Å². The maximum atomic E-state index is 12.1. The number of esters is 1. The van der Waals surface area contributed by atoms with E-state index in [0.29, 0.717) is 0 Å². The Morgan fingerprint density at radius 3 is 1.83 bits per heavy atom. The Morgan fingerprint density at radius 2 is 1.67 bits per heavy atom. The number of aliphatic carboxylic acids is 1. The molecule has 2 unspecified atom stereocenters. The first-order valence-corrected chi connectivity index (χ1v) is 5.85. The summed E-state index contributed by atoms with van der Waals surface area (Å²) in [5, 5.41) is 19.0. The van der Waals surface area contributed by atoms with Crippen molar-refractivity contribution in [2.24, 2.45) is 22.7 Å². The lowest BCUT2D eigenvalue weighted by molar-refractivity contribution is -0.177. The SMILES string of the molecule is COC(=O)C(C#N)(C(C)C)C(C)(C(=O)O)C(C)C. The Bertz CT molecular complexity index is 383. The Morgan fingerprint density at radius 1 is 1.22 bits per heavy atom. The van der Waals surface area contributed by atoms with E-state index < -0.39 is 34.6 Å². The largest absolute Gasteiger partial charge is 0.481 e. The van der Waals surface area contributed by atoms with E-state index in [1.165, 1.54) is 14.0 Å². The second-order valence-corrected chi connectivity index (χ2v) is 5.23. The predicted octanol–water partition coefficient (Wildman–Crippen LogP) is 2.07. The van der Waals surface area contributed by atoms with Crippen LogP contribution in [0.4, 0.5) is 0 Å². The first-order chi connectivity index (χ1) is 8.12. The third kappa shape index (κ3) is 1.96. The molecule has 0 spiro atoms. The van der Waals surface area contributed by atoms with Crippen LogP contribution in [-0.2, 0) is 14.3 Å². The van der Waals surface area contributed by atoms with Crippen molar-refractivity contribution in [3.8, 4) is 6.07 Å². The summed E-state index contributed by atoms with van der Waals surface area (Å²) in [6, 6.07) is 1.91. The molecular weight excluding hydrogens is 234 g/mol. The van der Waals surface area contributed by atoms with Crippen LogP contribution in [0.15, 0.2) is 0 Å². The standard InChI is InChI=1S/C13H21NO4/c1-8(2)12(5,10(15)16)13(7-14,9(3)4)11(17)18-6/h8-9H,1-6H3,(H,15,16).